The number of aromatic nitrogens is 4. The Bertz CT molecular complexity index is 1400. The number of aromatic amines is 1. The molecule has 4 aromatic rings. The van der Waals surface area contributed by atoms with Crippen LogP contribution in [0.5, 0.6) is 0 Å². The third-order valence-electron chi connectivity index (χ3n) is 6.39. The average Bonchev–Trinajstić information content (AvgIpc) is 3.51. The monoisotopic (exact) mass is 482 g/mol. The van der Waals surface area contributed by atoms with Crippen molar-refractivity contribution < 1.29 is 4.79 Å². The number of rotatable bonds is 5. The number of benzene rings is 2. The van der Waals surface area contributed by atoms with Crippen LogP contribution in [-0.2, 0) is 18.3 Å². The van der Waals surface area contributed by atoms with Crippen molar-refractivity contribution in [1.82, 2.24) is 25.1 Å². The lowest BCUT2D eigenvalue weighted by Gasteiger charge is -2.20. The van der Waals surface area contributed by atoms with Gasteiger partial charge in [0.25, 0.3) is 5.56 Å². The van der Waals surface area contributed by atoms with Crippen molar-refractivity contribution in [2.75, 3.05) is 5.32 Å². The largest absolute Gasteiger partial charge is 0.327 e. The minimum Gasteiger partial charge on any atom is -0.327 e. The van der Waals surface area contributed by atoms with Gasteiger partial charge in [0.1, 0.15) is 5.82 Å². The van der Waals surface area contributed by atoms with E-state index in [0.717, 1.165) is 47.3 Å². The van der Waals surface area contributed by atoms with Crippen molar-refractivity contribution in [1.29, 1.82) is 0 Å². The molecule has 1 aliphatic carbocycles. The van der Waals surface area contributed by atoms with Gasteiger partial charge in [-0.25, -0.2) is 9.78 Å². The lowest BCUT2D eigenvalue weighted by Crippen LogP contribution is -2.34. The van der Waals surface area contributed by atoms with Crippen molar-refractivity contribution in [2.45, 2.75) is 51.5 Å². The molecule has 0 unspecified atom stereocenters. The van der Waals surface area contributed by atoms with Gasteiger partial charge in [-0.2, -0.15) is 9.78 Å². The number of nitrogens with zero attached hydrogens (tertiary/aromatic N) is 3. The summed E-state index contributed by atoms with van der Waals surface area (Å²) in [6.45, 7) is 6.13. The zero-order chi connectivity index (χ0) is 25.3. The van der Waals surface area contributed by atoms with Crippen LogP contribution in [0.2, 0.25) is 0 Å². The van der Waals surface area contributed by atoms with Gasteiger partial charge >= 0.3 is 6.03 Å². The van der Waals surface area contributed by atoms with E-state index in [-0.39, 0.29) is 17.0 Å². The molecule has 0 spiro atoms. The maximum absolute atomic E-state index is 13.3. The van der Waals surface area contributed by atoms with Gasteiger partial charge in [0.15, 0.2) is 0 Å². The number of amides is 2. The Hall–Kier alpha value is -4.20. The maximum atomic E-state index is 13.3. The quantitative estimate of drug-likeness (QED) is 0.385. The van der Waals surface area contributed by atoms with Crippen LogP contribution in [0.4, 0.5) is 10.6 Å². The molecule has 8 heteroatoms. The SMILES string of the molecule is CC(C)(C)c1cc(NC(=O)NC(c2ccccc2)c2ccccc2)n(-c2nc3c(c(=O)[nH]2)CCC3)n1. The number of anilines is 1. The minimum atomic E-state index is -0.391. The molecule has 36 heavy (non-hydrogen) atoms. The van der Waals surface area contributed by atoms with Gasteiger partial charge in [0, 0.05) is 17.0 Å². The second-order valence-corrected chi connectivity index (χ2v) is 10.1. The Morgan fingerprint density at radius 1 is 1.00 bits per heavy atom. The topological polar surface area (TPSA) is 105 Å². The molecule has 0 saturated carbocycles. The lowest BCUT2D eigenvalue weighted by molar-refractivity contribution is 0.250. The minimum absolute atomic E-state index is 0.149. The molecule has 8 nitrogen and oxygen atoms in total. The molecule has 5 rings (SSSR count). The Kier molecular flexibility index (Phi) is 6.18. The van der Waals surface area contributed by atoms with Crippen LogP contribution in [0.3, 0.4) is 0 Å². The predicted molar refractivity (Wildman–Crippen MR) is 140 cm³/mol. The number of urea groups is 1. The van der Waals surface area contributed by atoms with Crippen LogP contribution >= 0.6 is 0 Å². The highest BCUT2D eigenvalue weighted by atomic mass is 16.2. The summed E-state index contributed by atoms with van der Waals surface area (Å²) in [6.07, 6.45) is 2.41. The molecule has 0 bridgehead atoms. The first-order valence-electron chi connectivity index (χ1n) is 12.2. The highest BCUT2D eigenvalue weighted by Crippen LogP contribution is 2.27. The fraction of sp³-hybridized carbons (Fsp3) is 0.286. The molecule has 2 aromatic carbocycles. The molecule has 3 N–H and O–H groups in total. The standard InChI is InChI=1S/C28H30N6O2/c1-28(2,3)22-17-23(34(33-22)26-29-21-16-10-15-20(21)25(35)32-26)30-27(36)31-24(18-11-6-4-7-12-18)19-13-8-5-9-14-19/h4-9,11-14,17,24H,10,15-16H2,1-3H3,(H,29,32,35)(H2,30,31,36). The summed E-state index contributed by atoms with van der Waals surface area (Å²) in [5, 5.41) is 10.7. The molecule has 2 amide bonds. The van der Waals surface area contributed by atoms with Gasteiger partial charge < -0.3 is 5.32 Å². The number of fused-ring (bicyclic) bond motifs is 1. The van der Waals surface area contributed by atoms with Gasteiger partial charge in [-0.15, -0.1) is 0 Å². The number of hydrogen-bond donors (Lipinski definition) is 3. The van der Waals surface area contributed by atoms with Crippen LogP contribution in [0.15, 0.2) is 71.5 Å². The van der Waals surface area contributed by atoms with E-state index in [9.17, 15) is 9.59 Å². The number of carbonyl (C=O) groups excluding carboxylic acids is 1. The molecule has 0 aliphatic heterocycles. The van der Waals surface area contributed by atoms with Crippen LogP contribution in [0.1, 0.15) is 61.3 Å². The molecule has 0 atom stereocenters. The summed E-state index contributed by atoms with van der Waals surface area (Å²) in [5.74, 6) is 0.729. The second kappa shape index (κ2) is 9.45. The summed E-state index contributed by atoms with van der Waals surface area (Å²) >= 11 is 0. The van der Waals surface area contributed by atoms with Crippen LogP contribution in [0.25, 0.3) is 5.95 Å². The fourth-order valence-corrected chi connectivity index (χ4v) is 4.46. The van der Waals surface area contributed by atoms with Crippen molar-refractivity contribution in [2.24, 2.45) is 0 Å². The van der Waals surface area contributed by atoms with Crippen LogP contribution in [0, 0.1) is 0 Å². The van der Waals surface area contributed by atoms with Gasteiger partial charge in [-0.05, 0) is 30.4 Å². The Morgan fingerprint density at radius 2 is 1.64 bits per heavy atom. The van der Waals surface area contributed by atoms with E-state index in [2.05, 4.69) is 20.6 Å². The molecular weight excluding hydrogens is 452 g/mol. The number of nitrogens with one attached hydrogen (secondary N) is 3. The number of H-pyrrole nitrogens is 1. The second-order valence-electron chi connectivity index (χ2n) is 10.1. The van der Waals surface area contributed by atoms with E-state index in [1.54, 1.807) is 0 Å². The van der Waals surface area contributed by atoms with Crippen LogP contribution in [-0.4, -0.2) is 25.8 Å². The third-order valence-corrected chi connectivity index (χ3v) is 6.39. The highest BCUT2D eigenvalue weighted by Gasteiger charge is 2.25. The first-order chi connectivity index (χ1) is 17.3. The van der Waals surface area contributed by atoms with Crippen molar-refractivity contribution in [3.8, 4) is 5.95 Å². The summed E-state index contributed by atoms with van der Waals surface area (Å²) in [6, 6.07) is 20.7. The first kappa shape index (κ1) is 23.5. The lowest BCUT2D eigenvalue weighted by atomic mass is 9.92. The highest BCUT2D eigenvalue weighted by molar-refractivity contribution is 5.89. The molecule has 0 radical (unpaired) electrons. The molecule has 1 aliphatic rings. The molecule has 2 aromatic heterocycles. The number of carbonyl (C=O) groups is 1. The van der Waals surface area contributed by atoms with Gasteiger partial charge in [0.05, 0.1) is 17.4 Å². The summed E-state index contributed by atoms with van der Waals surface area (Å²) in [4.78, 5) is 33.5. The van der Waals surface area contributed by atoms with E-state index in [4.69, 9.17) is 5.10 Å². The van der Waals surface area contributed by atoms with Gasteiger partial charge in [-0.3, -0.25) is 15.1 Å². The average molecular weight is 483 g/mol. The van der Waals surface area contributed by atoms with Crippen molar-refractivity contribution >= 4 is 11.8 Å². The number of hydrogen-bond acceptors (Lipinski definition) is 4. The van der Waals surface area contributed by atoms with E-state index in [1.165, 1.54) is 4.68 Å². The Morgan fingerprint density at radius 3 is 2.25 bits per heavy atom. The van der Waals surface area contributed by atoms with Crippen molar-refractivity contribution in [3.05, 3.63) is 105 Å². The maximum Gasteiger partial charge on any atom is 0.321 e. The van der Waals surface area contributed by atoms with Crippen LogP contribution < -0.4 is 16.2 Å². The summed E-state index contributed by atoms with van der Waals surface area (Å²) < 4.78 is 1.51. The molecule has 0 fully saturated rings. The molecule has 184 valence electrons. The smallest absolute Gasteiger partial charge is 0.321 e. The fourth-order valence-electron chi connectivity index (χ4n) is 4.46. The van der Waals surface area contributed by atoms with Gasteiger partial charge in [-0.1, -0.05) is 81.4 Å². The first-order valence-corrected chi connectivity index (χ1v) is 12.2. The molecular formula is C28H30N6O2. The molecule has 2 heterocycles. The zero-order valence-electron chi connectivity index (χ0n) is 20.7. The number of aryl methyl sites for hydroxylation is 1. The van der Waals surface area contributed by atoms with Gasteiger partial charge in [0.2, 0.25) is 5.95 Å². The summed E-state index contributed by atoms with van der Waals surface area (Å²) in [5.41, 5.74) is 3.81. The van der Waals surface area contributed by atoms with E-state index < -0.39 is 6.03 Å². The Balaban J connectivity index is 1.48. The zero-order valence-corrected chi connectivity index (χ0v) is 20.7. The van der Waals surface area contributed by atoms with E-state index >= 15 is 0 Å². The predicted octanol–water partition coefficient (Wildman–Crippen LogP) is 4.65. The summed E-state index contributed by atoms with van der Waals surface area (Å²) in [7, 11) is 0. The van der Waals surface area contributed by atoms with Crippen molar-refractivity contribution in [3.63, 3.8) is 0 Å². The van der Waals surface area contributed by atoms with E-state index in [0.29, 0.717) is 11.8 Å². The third kappa shape index (κ3) is 4.79. The Labute approximate surface area is 209 Å². The van der Waals surface area contributed by atoms with E-state index in [1.807, 2.05) is 87.5 Å². The normalized spacial score (nSPS) is 13.0. The molecule has 0 saturated heterocycles.